The van der Waals surface area contributed by atoms with Crippen LogP contribution in [0.5, 0.6) is 0 Å². The fraction of sp³-hybridized carbons (Fsp3) is 0.200. The minimum atomic E-state index is -0.901. The Bertz CT molecular complexity index is 555. The zero-order valence-electron chi connectivity index (χ0n) is 10.7. The van der Waals surface area contributed by atoms with Gasteiger partial charge in [-0.2, -0.15) is 0 Å². The molecule has 2 rings (SSSR count). The zero-order chi connectivity index (χ0) is 13.7. The maximum Gasteiger partial charge on any atom is 0.335 e. The molecule has 19 heavy (non-hydrogen) atoms. The van der Waals surface area contributed by atoms with Crippen molar-refractivity contribution in [3.8, 4) is 0 Å². The molecule has 0 aliphatic rings. The second-order valence-corrected chi connectivity index (χ2v) is 4.39. The van der Waals surface area contributed by atoms with Gasteiger partial charge in [0.1, 0.15) is 0 Å². The summed E-state index contributed by atoms with van der Waals surface area (Å²) in [6.07, 6.45) is 3.57. The summed E-state index contributed by atoms with van der Waals surface area (Å²) in [6.45, 7) is 2.68. The SMILES string of the molecule is CC(NCc1cccc(C(=O)O)c1)c1cccnc1. The number of nitrogens with one attached hydrogen (secondary N) is 1. The molecule has 2 aromatic rings. The molecule has 1 unspecified atom stereocenters. The number of pyridine rings is 1. The summed E-state index contributed by atoms with van der Waals surface area (Å²) >= 11 is 0. The molecule has 0 amide bonds. The van der Waals surface area contributed by atoms with E-state index in [1.165, 1.54) is 0 Å². The van der Waals surface area contributed by atoms with Gasteiger partial charge < -0.3 is 10.4 Å². The minimum Gasteiger partial charge on any atom is -0.478 e. The van der Waals surface area contributed by atoms with Crippen LogP contribution in [0.15, 0.2) is 48.8 Å². The maximum absolute atomic E-state index is 10.9. The first kappa shape index (κ1) is 13.2. The van der Waals surface area contributed by atoms with Crippen LogP contribution >= 0.6 is 0 Å². The molecule has 0 saturated heterocycles. The van der Waals surface area contributed by atoms with Crippen molar-refractivity contribution < 1.29 is 9.90 Å². The van der Waals surface area contributed by atoms with Crippen LogP contribution in [0.25, 0.3) is 0 Å². The molecule has 1 heterocycles. The van der Waals surface area contributed by atoms with Gasteiger partial charge in [0.2, 0.25) is 0 Å². The van der Waals surface area contributed by atoms with Gasteiger partial charge in [-0.3, -0.25) is 4.98 Å². The largest absolute Gasteiger partial charge is 0.478 e. The number of hydrogen-bond acceptors (Lipinski definition) is 3. The molecule has 4 nitrogen and oxygen atoms in total. The minimum absolute atomic E-state index is 0.169. The van der Waals surface area contributed by atoms with E-state index in [2.05, 4.69) is 17.2 Å². The van der Waals surface area contributed by atoms with E-state index in [1.54, 1.807) is 24.4 Å². The van der Waals surface area contributed by atoms with Crippen LogP contribution in [0, 0.1) is 0 Å². The average molecular weight is 256 g/mol. The molecule has 4 heteroatoms. The van der Waals surface area contributed by atoms with Gasteiger partial charge in [0, 0.05) is 25.0 Å². The van der Waals surface area contributed by atoms with E-state index < -0.39 is 5.97 Å². The van der Waals surface area contributed by atoms with Crippen LogP contribution in [0.1, 0.15) is 34.5 Å². The van der Waals surface area contributed by atoms with Gasteiger partial charge in [-0.05, 0) is 36.2 Å². The van der Waals surface area contributed by atoms with Gasteiger partial charge >= 0.3 is 5.97 Å². The molecule has 0 fully saturated rings. The highest BCUT2D eigenvalue weighted by Gasteiger charge is 2.06. The van der Waals surface area contributed by atoms with Crippen LogP contribution in [0.2, 0.25) is 0 Å². The molecule has 98 valence electrons. The van der Waals surface area contributed by atoms with Crippen LogP contribution < -0.4 is 5.32 Å². The van der Waals surface area contributed by atoms with Crippen LogP contribution in [-0.4, -0.2) is 16.1 Å². The van der Waals surface area contributed by atoms with E-state index >= 15 is 0 Å². The molecule has 0 aliphatic heterocycles. The summed E-state index contributed by atoms with van der Waals surface area (Å²) in [5.74, 6) is -0.901. The molecule has 0 radical (unpaired) electrons. The highest BCUT2D eigenvalue weighted by Crippen LogP contribution is 2.12. The maximum atomic E-state index is 10.9. The first-order chi connectivity index (χ1) is 9.16. The number of carbonyl (C=O) groups is 1. The topological polar surface area (TPSA) is 62.2 Å². The molecule has 1 aromatic heterocycles. The van der Waals surface area contributed by atoms with Gasteiger partial charge in [0.25, 0.3) is 0 Å². The average Bonchev–Trinajstić information content (AvgIpc) is 2.46. The van der Waals surface area contributed by atoms with Crippen molar-refractivity contribution in [2.24, 2.45) is 0 Å². The monoisotopic (exact) mass is 256 g/mol. The van der Waals surface area contributed by atoms with Gasteiger partial charge in [-0.25, -0.2) is 4.79 Å². The number of hydrogen-bond donors (Lipinski definition) is 2. The molecule has 0 spiro atoms. The molecular weight excluding hydrogens is 240 g/mol. The summed E-state index contributed by atoms with van der Waals surface area (Å²) < 4.78 is 0. The second-order valence-electron chi connectivity index (χ2n) is 4.39. The number of carboxylic acids is 1. The van der Waals surface area contributed by atoms with Crippen molar-refractivity contribution in [3.05, 3.63) is 65.5 Å². The smallest absolute Gasteiger partial charge is 0.335 e. The summed E-state index contributed by atoms with van der Waals surface area (Å²) in [5.41, 5.74) is 2.38. The highest BCUT2D eigenvalue weighted by atomic mass is 16.4. The van der Waals surface area contributed by atoms with E-state index in [0.717, 1.165) is 11.1 Å². The van der Waals surface area contributed by atoms with E-state index in [4.69, 9.17) is 5.11 Å². The van der Waals surface area contributed by atoms with Crippen molar-refractivity contribution >= 4 is 5.97 Å². The molecule has 1 atom stereocenters. The van der Waals surface area contributed by atoms with Crippen molar-refractivity contribution in [3.63, 3.8) is 0 Å². The van der Waals surface area contributed by atoms with Gasteiger partial charge in [0.05, 0.1) is 5.56 Å². The quantitative estimate of drug-likeness (QED) is 0.863. The fourth-order valence-corrected chi connectivity index (χ4v) is 1.84. The Morgan fingerprint density at radius 1 is 1.37 bits per heavy atom. The van der Waals surface area contributed by atoms with Crippen LogP contribution in [-0.2, 0) is 6.54 Å². The Kier molecular flexibility index (Phi) is 4.26. The van der Waals surface area contributed by atoms with E-state index in [0.29, 0.717) is 12.1 Å². The van der Waals surface area contributed by atoms with Gasteiger partial charge in [0.15, 0.2) is 0 Å². The predicted octanol–water partition coefficient (Wildman–Crippen LogP) is 2.63. The lowest BCUT2D eigenvalue weighted by atomic mass is 10.1. The number of benzene rings is 1. The first-order valence-corrected chi connectivity index (χ1v) is 6.12. The van der Waals surface area contributed by atoms with Crippen molar-refractivity contribution in [1.82, 2.24) is 10.3 Å². The summed E-state index contributed by atoms with van der Waals surface area (Å²) in [4.78, 5) is 15.0. The molecule has 1 aromatic carbocycles. The van der Waals surface area contributed by atoms with Gasteiger partial charge in [-0.1, -0.05) is 18.2 Å². The standard InChI is InChI=1S/C15H16N2O2/c1-11(14-6-3-7-16-10-14)17-9-12-4-2-5-13(8-12)15(18)19/h2-8,10-11,17H,9H2,1H3,(H,18,19). The molecule has 2 N–H and O–H groups in total. The van der Waals surface area contributed by atoms with Crippen molar-refractivity contribution in [2.75, 3.05) is 0 Å². The highest BCUT2D eigenvalue weighted by molar-refractivity contribution is 5.87. The Labute approximate surface area is 112 Å². The number of aromatic nitrogens is 1. The van der Waals surface area contributed by atoms with Crippen molar-refractivity contribution in [2.45, 2.75) is 19.5 Å². The first-order valence-electron chi connectivity index (χ1n) is 6.12. The third kappa shape index (κ3) is 3.63. The van der Waals surface area contributed by atoms with Crippen LogP contribution in [0.3, 0.4) is 0 Å². The molecule has 0 bridgehead atoms. The van der Waals surface area contributed by atoms with Crippen LogP contribution in [0.4, 0.5) is 0 Å². The van der Waals surface area contributed by atoms with E-state index in [-0.39, 0.29) is 6.04 Å². The number of rotatable bonds is 5. The molecule has 0 saturated carbocycles. The predicted molar refractivity (Wildman–Crippen MR) is 72.9 cm³/mol. The Hall–Kier alpha value is -2.20. The lowest BCUT2D eigenvalue weighted by Gasteiger charge is -2.14. The lowest BCUT2D eigenvalue weighted by molar-refractivity contribution is 0.0696. The number of aromatic carboxylic acids is 1. The third-order valence-electron chi connectivity index (χ3n) is 2.97. The van der Waals surface area contributed by atoms with E-state index in [9.17, 15) is 4.79 Å². The zero-order valence-corrected chi connectivity index (χ0v) is 10.7. The Balaban J connectivity index is 1.99. The molecule has 0 aliphatic carbocycles. The summed E-state index contributed by atoms with van der Waals surface area (Å²) in [5, 5.41) is 12.3. The second kappa shape index (κ2) is 6.11. The fourth-order valence-electron chi connectivity index (χ4n) is 1.84. The normalized spacial score (nSPS) is 12.1. The summed E-state index contributed by atoms with van der Waals surface area (Å²) in [6, 6.07) is 11.0. The van der Waals surface area contributed by atoms with E-state index in [1.807, 2.05) is 24.4 Å². The number of carboxylic acid groups (broad SMARTS) is 1. The summed E-state index contributed by atoms with van der Waals surface area (Å²) in [7, 11) is 0. The lowest BCUT2D eigenvalue weighted by Crippen LogP contribution is -2.18. The Morgan fingerprint density at radius 3 is 2.89 bits per heavy atom. The third-order valence-corrected chi connectivity index (χ3v) is 2.97. The molecular formula is C15H16N2O2. The van der Waals surface area contributed by atoms with Gasteiger partial charge in [-0.15, -0.1) is 0 Å². The number of nitrogens with zero attached hydrogens (tertiary/aromatic N) is 1. The Morgan fingerprint density at radius 2 is 2.21 bits per heavy atom. The van der Waals surface area contributed by atoms with Crippen molar-refractivity contribution in [1.29, 1.82) is 0 Å².